The van der Waals surface area contributed by atoms with Crippen LogP contribution in [0.3, 0.4) is 0 Å². The molecular formula is C18H22FN3O2. The molecule has 0 saturated carbocycles. The summed E-state index contributed by atoms with van der Waals surface area (Å²) in [4.78, 5) is 12.0. The second kappa shape index (κ2) is 7.57. The van der Waals surface area contributed by atoms with Crippen molar-refractivity contribution in [3.8, 4) is 11.3 Å². The van der Waals surface area contributed by atoms with Gasteiger partial charge in [0, 0.05) is 38.4 Å². The third-order valence-electron chi connectivity index (χ3n) is 4.19. The second-order valence-electron chi connectivity index (χ2n) is 6.12. The summed E-state index contributed by atoms with van der Waals surface area (Å²) in [6, 6.07) is 6.25. The molecule has 1 aromatic heterocycles. The van der Waals surface area contributed by atoms with Crippen LogP contribution >= 0.6 is 0 Å². The van der Waals surface area contributed by atoms with Crippen molar-refractivity contribution in [3.05, 3.63) is 41.8 Å². The highest BCUT2D eigenvalue weighted by atomic mass is 19.1. The van der Waals surface area contributed by atoms with E-state index in [1.807, 2.05) is 13.2 Å². The molecule has 0 spiro atoms. The highest BCUT2D eigenvalue weighted by Gasteiger charge is 2.17. The molecule has 2 heterocycles. The summed E-state index contributed by atoms with van der Waals surface area (Å²) in [7, 11) is 1.84. The number of carbonyl (C=O) groups is 1. The zero-order chi connectivity index (χ0) is 16.9. The van der Waals surface area contributed by atoms with Crippen LogP contribution < -0.4 is 5.32 Å². The first-order chi connectivity index (χ1) is 11.6. The van der Waals surface area contributed by atoms with E-state index < -0.39 is 0 Å². The smallest absolute Gasteiger partial charge is 0.220 e. The maximum atomic E-state index is 13.1. The van der Waals surface area contributed by atoms with Crippen LogP contribution in [0.15, 0.2) is 30.5 Å². The van der Waals surface area contributed by atoms with E-state index in [0.29, 0.717) is 19.4 Å². The van der Waals surface area contributed by atoms with E-state index >= 15 is 0 Å². The predicted molar refractivity (Wildman–Crippen MR) is 88.9 cm³/mol. The maximum absolute atomic E-state index is 13.1. The van der Waals surface area contributed by atoms with Gasteiger partial charge in [-0.1, -0.05) is 0 Å². The zero-order valence-electron chi connectivity index (χ0n) is 13.8. The van der Waals surface area contributed by atoms with Gasteiger partial charge in [-0.05, 0) is 49.1 Å². The van der Waals surface area contributed by atoms with Crippen molar-refractivity contribution in [3.63, 3.8) is 0 Å². The summed E-state index contributed by atoms with van der Waals surface area (Å²) >= 11 is 0. The molecule has 2 aromatic rings. The Labute approximate surface area is 140 Å². The van der Waals surface area contributed by atoms with Gasteiger partial charge in [0.25, 0.3) is 0 Å². The van der Waals surface area contributed by atoms with E-state index in [1.54, 1.807) is 16.8 Å². The number of aromatic nitrogens is 2. The minimum absolute atomic E-state index is 0.0133. The van der Waals surface area contributed by atoms with E-state index in [2.05, 4.69) is 10.4 Å². The average molecular weight is 331 g/mol. The number of hydrogen-bond donors (Lipinski definition) is 1. The Morgan fingerprint density at radius 3 is 2.92 bits per heavy atom. The minimum atomic E-state index is -0.273. The van der Waals surface area contributed by atoms with Gasteiger partial charge in [0.15, 0.2) is 0 Å². The Hall–Kier alpha value is -2.21. The van der Waals surface area contributed by atoms with Crippen molar-refractivity contribution in [1.29, 1.82) is 0 Å². The van der Waals surface area contributed by atoms with Crippen LogP contribution in [-0.2, 0) is 23.0 Å². The quantitative estimate of drug-likeness (QED) is 0.885. The number of amides is 1. The molecule has 1 atom stereocenters. The largest absolute Gasteiger partial charge is 0.376 e. The fourth-order valence-electron chi connectivity index (χ4n) is 2.94. The van der Waals surface area contributed by atoms with Crippen LogP contribution in [0.4, 0.5) is 4.39 Å². The molecule has 3 rings (SSSR count). The van der Waals surface area contributed by atoms with Gasteiger partial charge in [-0.25, -0.2) is 4.39 Å². The Kier molecular flexibility index (Phi) is 5.25. The first kappa shape index (κ1) is 16.6. The molecule has 0 aliphatic carbocycles. The molecule has 6 heteroatoms. The number of rotatable bonds is 6. The van der Waals surface area contributed by atoms with Gasteiger partial charge in [0.1, 0.15) is 5.82 Å². The topological polar surface area (TPSA) is 56.2 Å². The number of ether oxygens (including phenoxy) is 1. The highest BCUT2D eigenvalue weighted by Crippen LogP contribution is 2.23. The summed E-state index contributed by atoms with van der Waals surface area (Å²) in [5.41, 5.74) is 2.63. The van der Waals surface area contributed by atoms with Gasteiger partial charge in [0.05, 0.1) is 11.8 Å². The molecule has 1 aliphatic heterocycles. The highest BCUT2D eigenvalue weighted by molar-refractivity contribution is 5.76. The molecule has 1 aliphatic rings. The number of halogens is 1. The van der Waals surface area contributed by atoms with Crippen LogP contribution in [0, 0.1) is 5.82 Å². The summed E-state index contributed by atoms with van der Waals surface area (Å²) in [6.45, 7) is 1.37. The molecule has 1 amide bonds. The number of hydrogen-bond acceptors (Lipinski definition) is 3. The molecule has 24 heavy (non-hydrogen) atoms. The van der Waals surface area contributed by atoms with E-state index in [9.17, 15) is 9.18 Å². The summed E-state index contributed by atoms with van der Waals surface area (Å²) in [5.74, 6) is -0.260. The predicted octanol–water partition coefficient (Wildman–Crippen LogP) is 2.45. The van der Waals surface area contributed by atoms with Crippen molar-refractivity contribution in [2.75, 3.05) is 13.2 Å². The summed E-state index contributed by atoms with van der Waals surface area (Å²) in [6.07, 6.45) is 5.13. The van der Waals surface area contributed by atoms with Crippen LogP contribution in [0.25, 0.3) is 11.3 Å². The van der Waals surface area contributed by atoms with Crippen LogP contribution in [0.2, 0.25) is 0 Å². The van der Waals surface area contributed by atoms with Crippen molar-refractivity contribution >= 4 is 5.91 Å². The Balaban J connectivity index is 1.58. The lowest BCUT2D eigenvalue weighted by atomic mass is 10.0. The SMILES string of the molecule is Cn1cc(CCC(=O)NCC2CCCO2)c(-c2ccc(F)cc2)n1. The Morgan fingerprint density at radius 1 is 1.42 bits per heavy atom. The second-order valence-corrected chi connectivity index (χ2v) is 6.12. The van der Waals surface area contributed by atoms with Crippen LogP contribution in [0.5, 0.6) is 0 Å². The van der Waals surface area contributed by atoms with E-state index in [4.69, 9.17) is 4.74 Å². The van der Waals surface area contributed by atoms with Crippen LogP contribution in [0.1, 0.15) is 24.8 Å². The fraction of sp³-hybridized carbons (Fsp3) is 0.444. The number of aryl methyl sites for hydroxylation is 2. The molecule has 1 saturated heterocycles. The van der Waals surface area contributed by atoms with Gasteiger partial charge in [0.2, 0.25) is 5.91 Å². The zero-order valence-corrected chi connectivity index (χ0v) is 13.8. The first-order valence-electron chi connectivity index (χ1n) is 8.28. The van der Waals surface area contributed by atoms with Gasteiger partial charge in [-0.3, -0.25) is 9.48 Å². The van der Waals surface area contributed by atoms with Gasteiger partial charge >= 0.3 is 0 Å². The lowest BCUT2D eigenvalue weighted by Crippen LogP contribution is -2.31. The van der Waals surface area contributed by atoms with Crippen molar-refractivity contribution in [2.24, 2.45) is 7.05 Å². The molecular weight excluding hydrogens is 309 g/mol. The number of carbonyl (C=O) groups excluding carboxylic acids is 1. The Morgan fingerprint density at radius 2 is 2.21 bits per heavy atom. The Bertz CT molecular complexity index is 691. The van der Waals surface area contributed by atoms with E-state index in [0.717, 1.165) is 36.3 Å². The van der Waals surface area contributed by atoms with Crippen molar-refractivity contribution in [2.45, 2.75) is 31.8 Å². The molecule has 1 fully saturated rings. The molecule has 0 radical (unpaired) electrons. The molecule has 5 nitrogen and oxygen atoms in total. The lowest BCUT2D eigenvalue weighted by Gasteiger charge is -2.10. The number of nitrogens with zero attached hydrogens (tertiary/aromatic N) is 2. The van der Waals surface area contributed by atoms with Gasteiger partial charge in [-0.15, -0.1) is 0 Å². The van der Waals surface area contributed by atoms with Crippen molar-refractivity contribution in [1.82, 2.24) is 15.1 Å². The van der Waals surface area contributed by atoms with Gasteiger partial charge in [-0.2, -0.15) is 5.10 Å². The van der Waals surface area contributed by atoms with Crippen molar-refractivity contribution < 1.29 is 13.9 Å². The monoisotopic (exact) mass is 331 g/mol. The van der Waals surface area contributed by atoms with E-state index in [-0.39, 0.29) is 17.8 Å². The lowest BCUT2D eigenvalue weighted by molar-refractivity contribution is -0.121. The third kappa shape index (κ3) is 4.20. The molecule has 1 unspecified atom stereocenters. The normalized spacial score (nSPS) is 17.2. The minimum Gasteiger partial charge on any atom is -0.376 e. The summed E-state index contributed by atoms with van der Waals surface area (Å²) in [5, 5.41) is 7.37. The molecule has 1 aromatic carbocycles. The molecule has 0 bridgehead atoms. The standard InChI is InChI=1S/C18H22FN3O2/c1-22-12-14(18(21-22)13-4-7-15(19)8-5-13)6-9-17(23)20-11-16-3-2-10-24-16/h4-5,7-8,12,16H,2-3,6,9-11H2,1H3,(H,20,23). The first-order valence-corrected chi connectivity index (χ1v) is 8.28. The fourth-order valence-corrected chi connectivity index (χ4v) is 2.94. The molecule has 128 valence electrons. The van der Waals surface area contributed by atoms with Crippen LogP contribution in [-0.4, -0.2) is 34.9 Å². The summed E-state index contributed by atoms with van der Waals surface area (Å²) < 4.78 is 20.3. The number of nitrogens with one attached hydrogen (secondary N) is 1. The third-order valence-corrected chi connectivity index (χ3v) is 4.19. The number of benzene rings is 1. The van der Waals surface area contributed by atoms with Gasteiger partial charge < -0.3 is 10.1 Å². The maximum Gasteiger partial charge on any atom is 0.220 e. The average Bonchev–Trinajstić information content (AvgIpc) is 3.21. The van der Waals surface area contributed by atoms with E-state index in [1.165, 1.54) is 12.1 Å². The molecule has 1 N–H and O–H groups in total.